The standard InChI is InChI=1S/C24H27NO8/c1-13(26)31-12-19-23(32-14(2)27)21(29)20(28)22(33-19)18-6-4-5-17(11-18)15-7-9-16(10-8-15)24(30)25-3/h4-11,19-23,28-29H,12H2,1-3H3,(H,25,30)/t19-,20+,21-,22-,23+/m1/s1. The zero-order valence-corrected chi connectivity index (χ0v) is 18.6. The summed E-state index contributed by atoms with van der Waals surface area (Å²) in [5, 5.41) is 24.0. The van der Waals surface area contributed by atoms with Gasteiger partial charge in [-0.15, -0.1) is 0 Å². The maximum Gasteiger partial charge on any atom is 0.303 e. The highest BCUT2D eigenvalue weighted by molar-refractivity contribution is 5.94. The smallest absolute Gasteiger partial charge is 0.303 e. The van der Waals surface area contributed by atoms with Gasteiger partial charge in [-0.05, 0) is 34.9 Å². The summed E-state index contributed by atoms with van der Waals surface area (Å²) in [6.07, 6.45) is -5.99. The summed E-state index contributed by atoms with van der Waals surface area (Å²) in [4.78, 5) is 34.5. The zero-order valence-electron chi connectivity index (χ0n) is 18.6. The Kier molecular flexibility index (Phi) is 7.80. The van der Waals surface area contributed by atoms with Crippen LogP contribution in [-0.2, 0) is 23.8 Å². The van der Waals surface area contributed by atoms with Crippen molar-refractivity contribution >= 4 is 17.8 Å². The lowest BCUT2D eigenvalue weighted by atomic mass is 9.89. The van der Waals surface area contributed by atoms with Crippen LogP contribution in [0.3, 0.4) is 0 Å². The van der Waals surface area contributed by atoms with Crippen LogP contribution in [0, 0.1) is 0 Å². The molecule has 5 atom stereocenters. The van der Waals surface area contributed by atoms with E-state index < -0.39 is 42.5 Å². The fraction of sp³-hybridized carbons (Fsp3) is 0.375. The van der Waals surface area contributed by atoms with Crippen molar-refractivity contribution < 1.29 is 38.8 Å². The fourth-order valence-electron chi connectivity index (χ4n) is 3.74. The molecule has 2 aromatic rings. The fourth-order valence-corrected chi connectivity index (χ4v) is 3.74. The first-order valence-corrected chi connectivity index (χ1v) is 10.5. The lowest BCUT2D eigenvalue weighted by molar-refractivity contribution is -0.242. The number of esters is 2. The first-order chi connectivity index (χ1) is 15.7. The lowest BCUT2D eigenvalue weighted by Crippen LogP contribution is -2.57. The number of amides is 1. The van der Waals surface area contributed by atoms with E-state index >= 15 is 0 Å². The predicted octanol–water partition coefficient (Wildman–Crippen LogP) is 1.37. The van der Waals surface area contributed by atoms with Gasteiger partial charge in [0.05, 0.1) is 0 Å². The minimum atomic E-state index is -1.45. The van der Waals surface area contributed by atoms with Crippen LogP contribution in [0.1, 0.15) is 35.9 Å². The number of nitrogens with one attached hydrogen (secondary N) is 1. The maximum atomic E-state index is 11.8. The van der Waals surface area contributed by atoms with E-state index in [0.29, 0.717) is 11.1 Å². The molecule has 176 valence electrons. The van der Waals surface area contributed by atoms with Crippen LogP contribution in [0.25, 0.3) is 11.1 Å². The second-order valence-electron chi connectivity index (χ2n) is 7.73. The van der Waals surface area contributed by atoms with E-state index in [1.807, 2.05) is 6.07 Å². The molecule has 1 fully saturated rings. The molecule has 1 saturated heterocycles. The Hall–Kier alpha value is -3.27. The number of hydrogen-bond acceptors (Lipinski definition) is 8. The third-order valence-electron chi connectivity index (χ3n) is 5.36. The molecule has 0 aromatic heterocycles. The summed E-state index contributed by atoms with van der Waals surface area (Å²) in [5.74, 6) is -1.41. The summed E-state index contributed by atoms with van der Waals surface area (Å²) in [6.45, 7) is 2.15. The van der Waals surface area contributed by atoms with E-state index in [-0.39, 0.29) is 12.5 Å². The molecule has 0 unspecified atom stereocenters. The number of rotatable bonds is 6. The van der Waals surface area contributed by atoms with Gasteiger partial charge in [0.15, 0.2) is 6.10 Å². The Morgan fingerprint density at radius 3 is 2.27 bits per heavy atom. The lowest BCUT2D eigenvalue weighted by Gasteiger charge is -2.42. The number of benzene rings is 2. The second kappa shape index (κ2) is 10.6. The Morgan fingerprint density at radius 1 is 0.970 bits per heavy atom. The van der Waals surface area contributed by atoms with Crippen molar-refractivity contribution in [1.29, 1.82) is 0 Å². The van der Waals surface area contributed by atoms with Crippen molar-refractivity contribution in [2.24, 2.45) is 0 Å². The first-order valence-electron chi connectivity index (χ1n) is 10.5. The Morgan fingerprint density at radius 2 is 1.67 bits per heavy atom. The van der Waals surface area contributed by atoms with Crippen molar-refractivity contribution in [3.8, 4) is 11.1 Å². The van der Waals surface area contributed by atoms with E-state index in [1.54, 1.807) is 49.5 Å². The summed E-state index contributed by atoms with van der Waals surface area (Å²) >= 11 is 0. The molecule has 0 saturated carbocycles. The molecule has 3 N–H and O–H groups in total. The SMILES string of the molecule is CNC(=O)c1ccc(-c2cccc([C@H]3O[C@H](COC(C)=O)[C@H](OC(C)=O)[C@H](O)[C@@H]3O)c2)cc1. The predicted molar refractivity (Wildman–Crippen MR) is 117 cm³/mol. The number of aliphatic hydroxyl groups excluding tert-OH is 2. The van der Waals surface area contributed by atoms with Crippen LogP contribution < -0.4 is 5.32 Å². The van der Waals surface area contributed by atoms with Crippen LogP contribution >= 0.6 is 0 Å². The van der Waals surface area contributed by atoms with Gasteiger partial charge in [-0.25, -0.2) is 0 Å². The van der Waals surface area contributed by atoms with E-state index in [4.69, 9.17) is 14.2 Å². The van der Waals surface area contributed by atoms with Gasteiger partial charge in [0, 0.05) is 26.5 Å². The topological polar surface area (TPSA) is 131 Å². The molecule has 9 nitrogen and oxygen atoms in total. The summed E-state index contributed by atoms with van der Waals surface area (Å²) in [7, 11) is 1.56. The number of carbonyl (C=O) groups excluding carboxylic acids is 3. The van der Waals surface area contributed by atoms with Gasteiger partial charge in [0.25, 0.3) is 5.91 Å². The van der Waals surface area contributed by atoms with Crippen molar-refractivity contribution in [1.82, 2.24) is 5.32 Å². The molecule has 0 radical (unpaired) electrons. The van der Waals surface area contributed by atoms with Crippen molar-refractivity contribution in [2.75, 3.05) is 13.7 Å². The van der Waals surface area contributed by atoms with Crippen LogP contribution in [0.4, 0.5) is 0 Å². The molecule has 1 amide bonds. The van der Waals surface area contributed by atoms with E-state index in [1.165, 1.54) is 13.8 Å². The Labute approximate surface area is 191 Å². The molecule has 33 heavy (non-hydrogen) atoms. The van der Waals surface area contributed by atoms with Gasteiger partial charge < -0.3 is 29.7 Å². The highest BCUT2D eigenvalue weighted by Gasteiger charge is 2.47. The highest BCUT2D eigenvalue weighted by atomic mass is 16.6. The molecule has 9 heteroatoms. The Balaban J connectivity index is 1.87. The van der Waals surface area contributed by atoms with Crippen molar-refractivity contribution in [3.05, 3.63) is 59.7 Å². The van der Waals surface area contributed by atoms with E-state index in [2.05, 4.69) is 5.32 Å². The minimum absolute atomic E-state index is 0.191. The highest BCUT2D eigenvalue weighted by Crippen LogP contribution is 2.35. The van der Waals surface area contributed by atoms with Crippen LogP contribution in [0.2, 0.25) is 0 Å². The monoisotopic (exact) mass is 457 g/mol. The average Bonchev–Trinajstić information content (AvgIpc) is 2.81. The Bertz CT molecular complexity index is 1010. The third-order valence-corrected chi connectivity index (χ3v) is 5.36. The van der Waals surface area contributed by atoms with Crippen LogP contribution in [0.15, 0.2) is 48.5 Å². The number of ether oxygens (including phenoxy) is 3. The number of hydrogen-bond donors (Lipinski definition) is 3. The second-order valence-corrected chi connectivity index (χ2v) is 7.73. The molecule has 1 aliphatic rings. The van der Waals surface area contributed by atoms with Crippen molar-refractivity contribution in [2.45, 2.75) is 44.4 Å². The number of aliphatic hydroxyl groups is 2. The average molecular weight is 457 g/mol. The van der Waals surface area contributed by atoms with E-state index in [0.717, 1.165) is 11.1 Å². The van der Waals surface area contributed by atoms with Gasteiger partial charge in [-0.2, -0.15) is 0 Å². The van der Waals surface area contributed by atoms with Gasteiger partial charge in [-0.1, -0.05) is 30.3 Å². The molecule has 2 aromatic carbocycles. The minimum Gasteiger partial charge on any atom is -0.463 e. The molecular weight excluding hydrogens is 430 g/mol. The van der Waals surface area contributed by atoms with Crippen LogP contribution in [0.5, 0.6) is 0 Å². The molecule has 3 rings (SSSR count). The van der Waals surface area contributed by atoms with E-state index in [9.17, 15) is 24.6 Å². The van der Waals surface area contributed by atoms with Gasteiger partial charge in [-0.3, -0.25) is 14.4 Å². The molecular formula is C24H27NO8. The molecule has 1 aliphatic heterocycles. The molecule has 0 spiro atoms. The van der Waals surface area contributed by atoms with Gasteiger partial charge >= 0.3 is 11.9 Å². The van der Waals surface area contributed by atoms with Crippen LogP contribution in [-0.4, -0.2) is 66.1 Å². The van der Waals surface area contributed by atoms with Gasteiger partial charge in [0.2, 0.25) is 0 Å². The first kappa shape index (κ1) is 24.4. The third kappa shape index (κ3) is 5.75. The normalized spacial score (nSPS) is 24.6. The van der Waals surface area contributed by atoms with Gasteiger partial charge in [0.1, 0.15) is 31.0 Å². The molecule has 0 aliphatic carbocycles. The quantitative estimate of drug-likeness (QED) is 0.555. The maximum absolute atomic E-state index is 11.8. The summed E-state index contributed by atoms with van der Waals surface area (Å²) in [6, 6.07) is 14.2. The summed E-state index contributed by atoms with van der Waals surface area (Å²) in [5.41, 5.74) is 2.74. The molecule has 1 heterocycles. The largest absolute Gasteiger partial charge is 0.463 e. The molecule has 0 bridgehead atoms. The number of carbonyl (C=O) groups is 3. The summed E-state index contributed by atoms with van der Waals surface area (Å²) < 4.78 is 16.1. The van der Waals surface area contributed by atoms with Crippen molar-refractivity contribution in [3.63, 3.8) is 0 Å². The zero-order chi connectivity index (χ0) is 24.1.